The summed E-state index contributed by atoms with van der Waals surface area (Å²) in [6.07, 6.45) is 2.60. The van der Waals surface area contributed by atoms with E-state index in [1.807, 2.05) is 13.8 Å². The van der Waals surface area contributed by atoms with Crippen LogP contribution in [0.3, 0.4) is 0 Å². The molecule has 0 amide bonds. The maximum atomic E-state index is 12.6. The zero-order chi connectivity index (χ0) is 8.43. The smallest absolute Gasteiger partial charge is 0.220 e. The molecule has 0 aliphatic carbocycles. The first-order valence-electron chi connectivity index (χ1n) is 3.49. The lowest BCUT2D eigenvalue weighted by Crippen LogP contribution is -2.13. The third kappa shape index (κ3) is 1.48. The Morgan fingerprint density at radius 2 is 2.09 bits per heavy atom. The Morgan fingerprint density at radius 1 is 1.45 bits per heavy atom. The van der Waals surface area contributed by atoms with Crippen molar-refractivity contribution in [2.24, 2.45) is 0 Å². The molecule has 1 N–H and O–H groups in total. The number of pyridine rings is 1. The van der Waals surface area contributed by atoms with Crippen LogP contribution in [-0.2, 0) is 0 Å². The maximum Gasteiger partial charge on any atom is 0.220 e. The van der Waals surface area contributed by atoms with E-state index in [9.17, 15) is 9.18 Å². The first kappa shape index (κ1) is 7.98. The van der Waals surface area contributed by atoms with E-state index >= 15 is 0 Å². The number of aromatic nitrogens is 1. The van der Waals surface area contributed by atoms with E-state index in [4.69, 9.17) is 0 Å². The first-order valence-corrected chi connectivity index (χ1v) is 3.49. The topological polar surface area (TPSA) is 32.9 Å². The van der Waals surface area contributed by atoms with Crippen molar-refractivity contribution in [2.45, 2.75) is 19.8 Å². The lowest BCUT2D eigenvalue weighted by Gasteiger charge is -2.01. The summed E-state index contributed by atoms with van der Waals surface area (Å²) in [6, 6.07) is 0. The Morgan fingerprint density at radius 3 is 2.55 bits per heavy atom. The number of nitrogens with one attached hydrogen (secondary N) is 1. The lowest BCUT2D eigenvalue weighted by molar-refractivity contribution is 0.604. The van der Waals surface area contributed by atoms with Crippen molar-refractivity contribution in [3.05, 3.63) is 34.0 Å². The van der Waals surface area contributed by atoms with Gasteiger partial charge in [-0.25, -0.2) is 4.39 Å². The van der Waals surface area contributed by atoms with Crippen LogP contribution in [0.5, 0.6) is 0 Å². The molecule has 0 saturated heterocycles. The van der Waals surface area contributed by atoms with Crippen molar-refractivity contribution in [3.8, 4) is 0 Å². The molecule has 1 heterocycles. The van der Waals surface area contributed by atoms with Gasteiger partial charge in [0.25, 0.3) is 0 Å². The van der Waals surface area contributed by atoms with Gasteiger partial charge in [0.1, 0.15) is 0 Å². The molecule has 3 heteroatoms. The fraction of sp³-hybridized carbons (Fsp3) is 0.375. The first-order chi connectivity index (χ1) is 5.13. The summed E-state index contributed by atoms with van der Waals surface area (Å²) < 4.78 is 12.6. The predicted molar refractivity (Wildman–Crippen MR) is 41.1 cm³/mol. The standard InChI is InChI=1S/C8H10FNO/c1-5(2)6-3-10-4-7(9)8(6)11/h3-5H,1-2H3,(H,10,11). The highest BCUT2D eigenvalue weighted by Gasteiger charge is 2.06. The molecule has 0 unspecified atom stereocenters. The van der Waals surface area contributed by atoms with Crippen molar-refractivity contribution in [3.63, 3.8) is 0 Å². The average molecular weight is 155 g/mol. The molecule has 0 saturated carbocycles. The third-order valence-electron chi connectivity index (χ3n) is 1.55. The van der Waals surface area contributed by atoms with Crippen molar-refractivity contribution >= 4 is 0 Å². The van der Waals surface area contributed by atoms with Crippen LogP contribution in [-0.4, -0.2) is 4.98 Å². The predicted octanol–water partition coefficient (Wildman–Crippen LogP) is 1.64. The molecule has 0 radical (unpaired) electrons. The van der Waals surface area contributed by atoms with Gasteiger partial charge in [-0.05, 0) is 5.92 Å². The zero-order valence-corrected chi connectivity index (χ0v) is 6.52. The highest BCUT2D eigenvalue weighted by molar-refractivity contribution is 5.14. The molecule has 0 bridgehead atoms. The molecular weight excluding hydrogens is 145 g/mol. The fourth-order valence-electron chi connectivity index (χ4n) is 0.902. The molecule has 0 fully saturated rings. The van der Waals surface area contributed by atoms with Crippen molar-refractivity contribution < 1.29 is 4.39 Å². The second-order valence-corrected chi connectivity index (χ2v) is 2.74. The van der Waals surface area contributed by atoms with E-state index < -0.39 is 11.2 Å². The SMILES string of the molecule is CC(C)c1c[nH]cc(F)c1=O. The van der Waals surface area contributed by atoms with Crippen LogP contribution in [0, 0.1) is 5.82 Å². The monoisotopic (exact) mass is 155 g/mol. The normalized spacial score (nSPS) is 10.5. The van der Waals surface area contributed by atoms with Gasteiger partial charge in [-0.15, -0.1) is 0 Å². The second-order valence-electron chi connectivity index (χ2n) is 2.74. The summed E-state index contributed by atoms with van der Waals surface area (Å²) in [4.78, 5) is 13.6. The van der Waals surface area contributed by atoms with E-state index in [-0.39, 0.29) is 5.92 Å². The molecule has 2 nitrogen and oxygen atoms in total. The van der Waals surface area contributed by atoms with Gasteiger partial charge < -0.3 is 4.98 Å². The van der Waals surface area contributed by atoms with Crippen molar-refractivity contribution in [1.82, 2.24) is 4.98 Å². The number of rotatable bonds is 1. The van der Waals surface area contributed by atoms with Crippen LogP contribution >= 0.6 is 0 Å². The number of halogens is 1. The summed E-state index contributed by atoms with van der Waals surface area (Å²) in [5, 5.41) is 0. The van der Waals surface area contributed by atoms with E-state index in [1.165, 1.54) is 6.20 Å². The Kier molecular flexibility index (Phi) is 2.08. The number of hydrogen-bond acceptors (Lipinski definition) is 1. The third-order valence-corrected chi connectivity index (χ3v) is 1.55. The summed E-state index contributed by atoms with van der Waals surface area (Å²) in [7, 11) is 0. The van der Waals surface area contributed by atoms with Gasteiger partial charge in [0.15, 0.2) is 5.82 Å². The summed E-state index contributed by atoms with van der Waals surface area (Å²) >= 11 is 0. The molecule has 0 spiro atoms. The quantitative estimate of drug-likeness (QED) is 0.657. The van der Waals surface area contributed by atoms with Gasteiger partial charge in [0, 0.05) is 18.0 Å². The number of H-pyrrole nitrogens is 1. The molecule has 11 heavy (non-hydrogen) atoms. The maximum absolute atomic E-state index is 12.6. The molecule has 0 aromatic carbocycles. The average Bonchev–Trinajstić information content (AvgIpc) is 1.94. The van der Waals surface area contributed by atoms with Crippen LogP contribution in [0.25, 0.3) is 0 Å². The van der Waals surface area contributed by atoms with E-state index in [0.717, 1.165) is 6.20 Å². The molecule has 1 aromatic rings. The molecule has 60 valence electrons. The molecule has 1 aromatic heterocycles. The fourth-order valence-corrected chi connectivity index (χ4v) is 0.902. The van der Waals surface area contributed by atoms with Gasteiger partial charge in [0.05, 0.1) is 0 Å². The van der Waals surface area contributed by atoms with Gasteiger partial charge in [-0.2, -0.15) is 0 Å². The molecule has 0 atom stereocenters. The zero-order valence-electron chi connectivity index (χ0n) is 6.52. The second kappa shape index (κ2) is 2.86. The minimum absolute atomic E-state index is 0.0643. The Hall–Kier alpha value is -1.12. The Labute approximate surface area is 64.1 Å². The van der Waals surface area contributed by atoms with Gasteiger partial charge in [-0.3, -0.25) is 4.79 Å². The van der Waals surface area contributed by atoms with Gasteiger partial charge >= 0.3 is 0 Å². The molecule has 0 aliphatic rings. The Balaban J connectivity index is 3.28. The van der Waals surface area contributed by atoms with Crippen molar-refractivity contribution in [1.29, 1.82) is 0 Å². The van der Waals surface area contributed by atoms with Crippen LogP contribution in [0.15, 0.2) is 17.2 Å². The van der Waals surface area contributed by atoms with Gasteiger partial charge in [-0.1, -0.05) is 13.8 Å². The molecule has 0 aliphatic heterocycles. The molecular formula is C8H10FNO. The minimum atomic E-state index is -0.712. The van der Waals surface area contributed by atoms with E-state index in [1.54, 1.807) is 0 Å². The summed E-state index contributed by atoms with van der Waals surface area (Å²) in [5.41, 5.74) is -0.0104. The van der Waals surface area contributed by atoms with Crippen molar-refractivity contribution in [2.75, 3.05) is 0 Å². The van der Waals surface area contributed by atoms with E-state index in [0.29, 0.717) is 5.56 Å². The Bertz CT molecular complexity index is 303. The lowest BCUT2D eigenvalue weighted by atomic mass is 10.1. The van der Waals surface area contributed by atoms with Gasteiger partial charge in [0.2, 0.25) is 5.43 Å². The number of aromatic amines is 1. The van der Waals surface area contributed by atoms with Crippen LogP contribution in [0.2, 0.25) is 0 Å². The number of hydrogen-bond donors (Lipinski definition) is 1. The van der Waals surface area contributed by atoms with Crippen LogP contribution in [0.1, 0.15) is 25.3 Å². The van der Waals surface area contributed by atoms with E-state index in [2.05, 4.69) is 4.98 Å². The minimum Gasteiger partial charge on any atom is -0.365 e. The highest BCUT2D eigenvalue weighted by atomic mass is 19.1. The summed E-state index contributed by atoms with van der Waals surface area (Å²) in [6.45, 7) is 3.70. The summed E-state index contributed by atoms with van der Waals surface area (Å²) in [5.74, 6) is -0.648. The van der Waals surface area contributed by atoms with Crippen LogP contribution in [0.4, 0.5) is 4.39 Å². The van der Waals surface area contributed by atoms with Crippen LogP contribution < -0.4 is 5.43 Å². The molecule has 1 rings (SSSR count). The highest BCUT2D eigenvalue weighted by Crippen LogP contribution is 2.07. The largest absolute Gasteiger partial charge is 0.365 e.